The Morgan fingerprint density at radius 3 is 2.11 bits per heavy atom. The van der Waals surface area contributed by atoms with Gasteiger partial charge in [-0.3, -0.25) is 4.79 Å². The standard InChI is InChI=1S/C22H31N3O2/c1-15-3-5-17(6-4-15)18-13-20-7-8-21(14-18)25(20)22(27)24-11-9-19(10-12-24)23-16(2)26/h3-6,18-21H,7-14H2,1-2H3,(H,23,26)/t18?,20-,21+. The molecule has 5 nitrogen and oxygen atoms in total. The van der Waals surface area contributed by atoms with E-state index in [4.69, 9.17) is 0 Å². The third-order valence-corrected chi connectivity index (χ3v) is 6.68. The number of carbonyl (C=O) groups is 2. The molecule has 146 valence electrons. The summed E-state index contributed by atoms with van der Waals surface area (Å²) in [6.07, 6.45) is 6.19. The molecule has 27 heavy (non-hydrogen) atoms. The van der Waals surface area contributed by atoms with Crippen LogP contribution >= 0.6 is 0 Å². The lowest BCUT2D eigenvalue weighted by Crippen LogP contribution is -2.55. The van der Waals surface area contributed by atoms with Crippen LogP contribution in [-0.4, -0.2) is 53.0 Å². The summed E-state index contributed by atoms with van der Waals surface area (Å²) in [6.45, 7) is 5.19. The molecule has 1 aromatic carbocycles. The van der Waals surface area contributed by atoms with E-state index in [1.165, 1.54) is 11.1 Å². The van der Waals surface area contributed by atoms with Crippen LogP contribution in [0.4, 0.5) is 4.79 Å². The third-order valence-electron chi connectivity index (χ3n) is 6.68. The molecule has 1 N–H and O–H groups in total. The number of nitrogens with zero attached hydrogens (tertiary/aromatic N) is 2. The number of carbonyl (C=O) groups excluding carboxylic acids is 2. The van der Waals surface area contributed by atoms with Crippen molar-refractivity contribution in [1.29, 1.82) is 0 Å². The van der Waals surface area contributed by atoms with E-state index in [0.717, 1.165) is 51.6 Å². The number of rotatable bonds is 2. The average molecular weight is 370 g/mol. The molecule has 3 heterocycles. The van der Waals surface area contributed by atoms with Gasteiger partial charge in [-0.2, -0.15) is 0 Å². The number of hydrogen-bond donors (Lipinski definition) is 1. The summed E-state index contributed by atoms with van der Waals surface area (Å²) in [5, 5.41) is 2.99. The van der Waals surface area contributed by atoms with Crippen LogP contribution in [0.2, 0.25) is 0 Å². The molecule has 0 spiro atoms. The van der Waals surface area contributed by atoms with E-state index in [0.29, 0.717) is 18.0 Å². The molecular formula is C22H31N3O2. The summed E-state index contributed by atoms with van der Waals surface area (Å²) in [4.78, 5) is 28.6. The van der Waals surface area contributed by atoms with Gasteiger partial charge in [0.2, 0.25) is 5.91 Å². The number of benzene rings is 1. The third kappa shape index (κ3) is 3.83. The van der Waals surface area contributed by atoms with E-state index in [9.17, 15) is 9.59 Å². The monoisotopic (exact) mass is 369 g/mol. The van der Waals surface area contributed by atoms with Gasteiger partial charge in [0, 0.05) is 38.1 Å². The average Bonchev–Trinajstić information content (AvgIpc) is 2.91. The Balaban J connectivity index is 1.37. The zero-order valence-electron chi connectivity index (χ0n) is 16.5. The first kappa shape index (κ1) is 18.3. The summed E-state index contributed by atoms with van der Waals surface area (Å²) in [5.41, 5.74) is 2.73. The Morgan fingerprint density at radius 1 is 0.963 bits per heavy atom. The number of amides is 3. The van der Waals surface area contributed by atoms with Crippen molar-refractivity contribution in [3.05, 3.63) is 35.4 Å². The minimum absolute atomic E-state index is 0.0241. The highest BCUT2D eigenvalue weighted by Gasteiger charge is 2.45. The van der Waals surface area contributed by atoms with E-state index >= 15 is 0 Å². The largest absolute Gasteiger partial charge is 0.353 e. The molecule has 5 heteroatoms. The number of urea groups is 1. The molecule has 3 atom stereocenters. The van der Waals surface area contributed by atoms with Gasteiger partial charge in [-0.25, -0.2) is 4.79 Å². The van der Waals surface area contributed by atoms with Crippen LogP contribution in [0.5, 0.6) is 0 Å². The van der Waals surface area contributed by atoms with E-state index in [1.54, 1.807) is 6.92 Å². The van der Waals surface area contributed by atoms with Gasteiger partial charge >= 0.3 is 6.03 Å². The smallest absolute Gasteiger partial charge is 0.320 e. The second kappa shape index (κ2) is 7.53. The van der Waals surface area contributed by atoms with Crippen LogP contribution in [0.1, 0.15) is 62.5 Å². The van der Waals surface area contributed by atoms with Gasteiger partial charge in [-0.1, -0.05) is 29.8 Å². The first-order valence-corrected chi connectivity index (χ1v) is 10.4. The lowest BCUT2D eigenvalue weighted by atomic mass is 9.85. The van der Waals surface area contributed by atoms with E-state index in [1.807, 2.05) is 4.90 Å². The lowest BCUT2D eigenvalue weighted by Gasteiger charge is -2.43. The molecule has 3 amide bonds. The number of piperidine rings is 2. The number of hydrogen-bond acceptors (Lipinski definition) is 2. The van der Waals surface area contributed by atoms with Gasteiger partial charge in [0.25, 0.3) is 0 Å². The summed E-state index contributed by atoms with van der Waals surface area (Å²) in [5.74, 6) is 0.605. The minimum Gasteiger partial charge on any atom is -0.353 e. The summed E-state index contributed by atoms with van der Waals surface area (Å²) in [6, 6.07) is 10.2. The topological polar surface area (TPSA) is 52.7 Å². The number of nitrogens with one attached hydrogen (secondary N) is 1. The maximum Gasteiger partial charge on any atom is 0.320 e. The number of fused-ring (bicyclic) bond motifs is 2. The molecule has 0 aromatic heterocycles. The normalized spacial score (nSPS) is 28.3. The van der Waals surface area contributed by atoms with Crippen LogP contribution in [0.3, 0.4) is 0 Å². The molecule has 0 radical (unpaired) electrons. The van der Waals surface area contributed by atoms with Crippen molar-refractivity contribution >= 4 is 11.9 Å². The van der Waals surface area contributed by atoms with Crippen molar-refractivity contribution in [3.63, 3.8) is 0 Å². The maximum absolute atomic E-state index is 13.2. The molecule has 2 bridgehead atoms. The summed E-state index contributed by atoms with van der Waals surface area (Å²) in [7, 11) is 0. The fraction of sp³-hybridized carbons (Fsp3) is 0.636. The van der Waals surface area contributed by atoms with E-state index < -0.39 is 0 Å². The first-order chi connectivity index (χ1) is 13.0. The summed E-state index contributed by atoms with van der Waals surface area (Å²) < 4.78 is 0. The molecular weight excluding hydrogens is 338 g/mol. The highest BCUT2D eigenvalue weighted by molar-refractivity contribution is 5.76. The number of aryl methyl sites for hydroxylation is 1. The van der Waals surface area contributed by atoms with Crippen LogP contribution in [-0.2, 0) is 4.79 Å². The highest BCUT2D eigenvalue weighted by atomic mass is 16.2. The van der Waals surface area contributed by atoms with Crippen LogP contribution in [0.15, 0.2) is 24.3 Å². The van der Waals surface area contributed by atoms with Crippen LogP contribution in [0.25, 0.3) is 0 Å². The van der Waals surface area contributed by atoms with Crippen LogP contribution in [0, 0.1) is 6.92 Å². The Labute approximate surface area is 162 Å². The Hall–Kier alpha value is -2.04. The second-order valence-corrected chi connectivity index (χ2v) is 8.62. The van der Waals surface area contributed by atoms with Gasteiger partial charge in [0.1, 0.15) is 0 Å². The van der Waals surface area contributed by atoms with Gasteiger partial charge in [-0.15, -0.1) is 0 Å². The zero-order valence-corrected chi connectivity index (χ0v) is 16.5. The molecule has 3 fully saturated rings. The molecule has 3 aliphatic heterocycles. The fourth-order valence-corrected chi connectivity index (χ4v) is 5.27. The summed E-state index contributed by atoms with van der Waals surface area (Å²) >= 11 is 0. The van der Waals surface area contributed by atoms with E-state index in [2.05, 4.69) is 41.4 Å². The van der Waals surface area contributed by atoms with Crippen molar-refractivity contribution < 1.29 is 9.59 Å². The van der Waals surface area contributed by atoms with Crippen molar-refractivity contribution in [2.45, 2.75) is 76.4 Å². The van der Waals surface area contributed by atoms with Crippen molar-refractivity contribution in [2.75, 3.05) is 13.1 Å². The molecule has 4 rings (SSSR count). The van der Waals surface area contributed by atoms with Gasteiger partial charge in [-0.05, 0) is 56.9 Å². The molecule has 1 aromatic rings. The van der Waals surface area contributed by atoms with Gasteiger partial charge < -0.3 is 15.1 Å². The number of likely N-dealkylation sites (tertiary alicyclic amines) is 1. The highest BCUT2D eigenvalue weighted by Crippen LogP contribution is 2.43. The minimum atomic E-state index is 0.0241. The molecule has 1 unspecified atom stereocenters. The quantitative estimate of drug-likeness (QED) is 0.868. The lowest BCUT2D eigenvalue weighted by molar-refractivity contribution is -0.119. The molecule has 0 saturated carbocycles. The zero-order chi connectivity index (χ0) is 19.0. The second-order valence-electron chi connectivity index (χ2n) is 8.62. The first-order valence-electron chi connectivity index (χ1n) is 10.4. The Bertz CT molecular complexity index is 680. The van der Waals surface area contributed by atoms with Gasteiger partial charge in [0.15, 0.2) is 0 Å². The van der Waals surface area contributed by atoms with Gasteiger partial charge in [0.05, 0.1) is 0 Å². The van der Waals surface area contributed by atoms with Crippen molar-refractivity contribution in [2.24, 2.45) is 0 Å². The van der Waals surface area contributed by atoms with Crippen molar-refractivity contribution in [3.8, 4) is 0 Å². The molecule has 3 aliphatic rings. The SMILES string of the molecule is CC(=O)NC1CCN(C(=O)N2[C@@H]3CC[C@H]2CC(c2ccc(C)cc2)C3)CC1. The Morgan fingerprint density at radius 2 is 1.56 bits per heavy atom. The predicted molar refractivity (Wildman–Crippen MR) is 106 cm³/mol. The fourth-order valence-electron chi connectivity index (χ4n) is 5.27. The van der Waals surface area contributed by atoms with Crippen molar-refractivity contribution in [1.82, 2.24) is 15.1 Å². The van der Waals surface area contributed by atoms with Crippen LogP contribution < -0.4 is 5.32 Å². The molecule has 3 saturated heterocycles. The molecule has 0 aliphatic carbocycles. The maximum atomic E-state index is 13.2. The van der Waals surface area contributed by atoms with E-state index in [-0.39, 0.29) is 18.0 Å². The predicted octanol–water partition coefficient (Wildman–Crippen LogP) is 3.43. The Kier molecular flexibility index (Phi) is 5.11.